The number of nitrogens with zero attached hydrogens (tertiary/aromatic N) is 2. The minimum atomic E-state index is -0.0945. The van der Waals surface area contributed by atoms with E-state index in [1.54, 1.807) is 25.3 Å². The number of methoxy groups -OCH3 is 1. The first kappa shape index (κ1) is 13.6. The molecule has 0 atom stereocenters. The zero-order valence-corrected chi connectivity index (χ0v) is 10.2. The molecule has 0 aliphatic carbocycles. The van der Waals surface area contributed by atoms with E-state index in [9.17, 15) is 0 Å². The van der Waals surface area contributed by atoms with Gasteiger partial charge in [0, 0.05) is 0 Å². The van der Waals surface area contributed by atoms with Gasteiger partial charge in [-0.1, -0.05) is 12.7 Å². The van der Waals surface area contributed by atoms with E-state index in [1.165, 1.54) is 6.21 Å². The lowest BCUT2D eigenvalue weighted by molar-refractivity contribution is 0.326. The number of rotatable bonds is 6. The van der Waals surface area contributed by atoms with Crippen LogP contribution in [0.4, 0.5) is 0 Å². The van der Waals surface area contributed by atoms with Gasteiger partial charge in [-0.3, -0.25) is 0 Å². The van der Waals surface area contributed by atoms with Crippen molar-refractivity contribution in [3.05, 3.63) is 36.4 Å². The van der Waals surface area contributed by atoms with Gasteiger partial charge in [0.25, 0.3) is 0 Å². The molecule has 0 spiro atoms. The van der Waals surface area contributed by atoms with E-state index in [-0.39, 0.29) is 5.96 Å². The highest BCUT2D eigenvalue weighted by Gasteiger charge is 2.04. The van der Waals surface area contributed by atoms with Crippen molar-refractivity contribution in [1.82, 2.24) is 0 Å². The van der Waals surface area contributed by atoms with Gasteiger partial charge >= 0.3 is 0 Å². The Balaban J connectivity index is 2.91. The minimum Gasteiger partial charge on any atom is -0.493 e. The summed E-state index contributed by atoms with van der Waals surface area (Å²) in [6.07, 6.45) is 3.17. The second-order valence-electron chi connectivity index (χ2n) is 3.28. The standard InChI is InChI=1S/C12H16N4O2/c1-3-6-18-11-7-9(4-5-10(11)17-2)8-15-16-12(13)14/h3-5,7-8H,1,6H2,2H3,(H4,13,14,16). The first-order valence-electron chi connectivity index (χ1n) is 5.21. The van der Waals surface area contributed by atoms with Crippen LogP contribution < -0.4 is 20.9 Å². The Bertz CT molecular complexity index is 465. The molecule has 18 heavy (non-hydrogen) atoms. The molecule has 0 saturated carbocycles. The van der Waals surface area contributed by atoms with E-state index in [0.29, 0.717) is 18.1 Å². The van der Waals surface area contributed by atoms with Crippen LogP contribution >= 0.6 is 0 Å². The molecule has 0 radical (unpaired) electrons. The number of guanidine groups is 1. The first-order valence-corrected chi connectivity index (χ1v) is 5.21. The summed E-state index contributed by atoms with van der Waals surface area (Å²) in [5.74, 6) is 1.14. The lowest BCUT2D eigenvalue weighted by Crippen LogP contribution is -2.21. The zero-order valence-electron chi connectivity index (χ0n) is 10.2. The molecule has 0 aliphatic rings. The van der Waals surface area contributed by atoms with E-state index in [1.807, 2.05) is 6.07 Å². The predicted molar refractivity (Wildman–Crippen MR) is 72.1 cm³/mol. The molecule has 1 rings (SSSR count). The Morgan fingerprint density at radius 3 is 2.78 bits per heavy atom. The molecule has 0 amide bonds. The molecular weight excluding hydrogens is 232 g/mol. The van der Waals surface area contributed by atoms with Crippen LogP contribution in [0.2, 0.25) is 0 Å². The molecule has 4 N–H and O–H groups in total. The van der Waals surface area contributed by atoms with Gasteiger partial charge in [0.05, 0.1) is 13.3 Å². The van der Waals surface area contributed by atoms with Crippen LogP contribution in [0, 0.1) is 0 Å². The van der Waals surface area contributed by atoms with Gasteiger partial charge < -0.3 is 20.9 Å². The summed E-state index contributed by atoms with van der Waals surface area (Å²) in [5.41, 5.74) is 11.1. The maximum Gasteiger partial charge on any atom is 0.211 e. The number of hydrogen-bond acceptors (Lipinski definition) is 4. The van der Waals surface area contributed by atoms with Gasteiger partial charge in [0.2, 0.25) is 5.96 Å². The molecule has 1 aromatic carbocycles. The van der Waals surface area contributed by atoms with Crippen LogP contribution in [-0.2, 0) is 0 Å². The first-order chi connectivity index (χ1) is 8.67. The second kappa shape index (κ2) is 6.95. The Labute approximate surface area is 106 Å². The normalized spacial score (nSPS) is 10.1. The molecule has 0 fully saturated rings. The molecule has 6 heteroatoms. The zero-order chi connectivity index (χ0) is 13.4. The molecule has 0 saturated heterocycles. The van der Waals surface area contributed by atoms with Crippen molar-refractivity contribution in [3.8, 4) is 11.5 Å². The molecular formula is C12H16N4O2. The summed E-state index contributed by atoms with van der Waals surface area (Å²) in [6, 6.07) is 5.36. The van der Waals surface area contributed by atoms with Crippen molar-refractivity contribution in [2.75, 3.05) is 13.7 Å². The maximum absolute atomic E-state index is 5.46. The third-order valence-electron chi connectivity index (χ3n) is 1.92. The van der Waals surface area contributed by atoms with Crippen LogP contribution in [0.15, 0.2) is 41.1 Å². The van der Waals surface area contributed by atoms with Crippen molar-refractivity contribution in [3.63, 3.8) is 0 Å². The number of benzene rings is 1. The number of ether oxygens (including phenoxy) is 2. The Morgan fingerprint density at radius 2 is 2.17 bits per heavy atom. The molecule has 0 heterocycles. The van der Waals surface area contributed by atoms with Gasteiger partial charge in [-0.2, -0.15) is 5.10 Å². The molecule has 0 aromatic heterocycles. The largest absolute Gasteiger partial charge is 0.493 e. The lowest BCUT2D eigenvalue weighted by Gasteiger charge is -2.09. The van der Waals surface area contributed by atoms with E-state index in [0.717, 1.165) is 5.56 Å². The van der Waals surface area contributed by atoms with Crippen molar-refractivity contribution >= 4 is 12.2 Å². The van der Waals surface area contributed by atoms with Crippen LogP contribution in [0.3, 0.4) is 0 Å². The molecule has 0 aliphatic heterocycles. The third-order valence-corrected chi connectivity index (χ3v) is 1.92. The van der Waals surface area contributed by atoms with Crippen molar-refractivity contribution in [2.45, 2.75) is 0 Å². The fourth-order valence-electron chi connectivity index (χ4n) is 1.20. The van der Waals surface area contributed by atoms with E-state index in [4.69, 9.17) is 20.9 Å². The summed E-state index contributed by atoms with van der Waals surface area (Å²) in [6.45, 7) is 3.98. The summed E-state index contributed by atoms with van der Waals surface area (Å²) < 4.78 is 10.6. The molecule has 0 bridgehead atoms. The van der Waals surface area contributed by atoms with Gasteiger partial charge in [0.1, 0.15) is 6.61 Å². The topological polar surface area (TPSA) is 95.2 Å². The molecule has 0 unspecified atom stereocenters. The number of hydrogen-bond donors (Lipinski definition) is 2. The third kappa shape index (κ3) is 4.17. The summed E-state index contributed by atoms with van der Waals surface area (Å²) in [4.78, 5) is 0. The van der Waals surface area contributed by atoms with Crippen molar-refractivity contribution < 1.29 is 9.47 Å². The highest BCUT2D eigenvalue weighted by Crippen LogP contribution is 2.27. The predicted octanol–water partition coefficient (Wildman–Crippen LogP) is 0.867. The monoisotopic (exact) mass is 248 g/mol. The highest BCUT2D eigenvalue weighted by molar-refractivity contribution is 5.82. The summed E-state index contributed by atoms with van der Waals surface area (Å²) in [5, 5.41) is 7.22. The minimum absolute atomic E-state index is 0.0945. The van der Waals surface area contributed by atoms with Gasteiger partial charge in [-0.25, -0.2) is 0 Å². The SMILES string of the molecule is C=CCOc1cc(C=NN=C(N)N)ccc1OC. The maximum atomic E-state index is 5.46. The Morgan fingerprint density at radius 1 is 1.39 bits per heavy atom. The molecule has 1 aromatic rings. The molecule has 6 nitrogen and oxygen atoms in total. The van der Waals surface area contributed by atoms with Crippen molar-refractivity contribution in [1.29, 1.82) is 0 Å². The summed E-state index contributed by atoms with van der Waals surface area (Å²) in [7, 11) is 1.57. The van der Waals surface area contributed by atoms with Crippen LogP contribution in [0.1, 0.15) is 5.56 Å². The fraction of sp³-hybridized carbons (Fsp3) is 0.167. The molecule has 96 valence electrons. The smallest absolute Gasteiger partial charge is 0.211 e. The second-order valence-corrected chi connectivity index (χ2v) is 3.28. The van der Waals surface area contributed by atoms with Crippen LogP contribution in [-0.4, -0.2) is 25.9 Å². The fourth-order valence-corrected chi connectivity index (χ4v) is 1.20. The quantitative estimate of drug-likeness (QED) is 0.338. The van der Waals surface area contributed by atoms with E-state index in [2.05, 4.69) is 16.8 Å². The Hall–Kier alpha value is -2.50. The van der Waals surface area contributed by atoms with Crippen LogP contribution in [0.5, 0.6) is 11.5 Å². The van der Waals surface area contributed by atoms with Crippen molar-refractivity contribution in [2.24, 2.45) is 21.7 Å². The van der Waals surface area contributed by atoms with Gasteiger partial charge in [0.15, 0.2) is 11.5 Å². The van der Waals surface area contributed by atoms with Gasteiger partial charge in [-0.15, -0.1) is 5.10 Å². The Kier molecular flexibility index (Phi) is 5.24. The van der Waals surface area contributed by atoms with Crippen LogP contribution in [0.25, 0.3) is 0 Å². The van der Waals surface area contributed by atoms with E-state index >= 15 is 0 Å². The van der Waals surface area contributed by atoms with Gasteiger partial charge in [-0.05, 0) is 23.8 Å². The van der Waals surface area contributed by atoms with E-state index < -0.39 is 0 Å². The highest BCUT2D eigenvalue weighted by atomic mass is 16.5. The average Bonchev–Trinajstić information content (AvgIpc) is 2.36. The number of nitrogens with two attached hydrogens (primary N) is 2. The average molecular weight is 248 g/mol. The summed E-state index contributed by atoms with van der Waals surface area (Å²) >= 11 is 0. The lowest BCUT2D eigenvalue weighted by atomic mass is 10.2.